The quantitative estimate of drug-likeness (QED) is 0.576. The molecule has 88 valence electrons. The van der Waals surface area contributed by atoms with Gasteiger partial charge in [0.05, 0.1) is 6.61 Å². The number of aryl methyl sites for hydroxylation is 1. The molecule has 0 saturated heterocycles. The molecule has 0 saturated carbocycles. The summed E-state index contributed by atoms with van der Waals surface area (Å²) in [4.78, 5) is 10.4. The van der Waals surface area contributed by atoms with Gasteiger partial charge in [0, 0.05) is 5.57 Å². The lowest BCUT2D eigenvalue weighted by Crippen LogP contribution is -2.03. The van der Waals surface area contributed by atoms with Gasteiger partial charge in [-0.2, -0.15) is 0 Å². The van der Waals surface area contributed by atoms with Gasteiger partial charge in [-0.1, -0.05) is 43.8 Å². The second-order valence-electron chi connectivity index (χ2n) is 3.34. The summed E-state index contributed by atoms with van der Waals surface area (Å²) in [5.41, 5.74) is 1.86. The number of carbonyl (C=O) groups is 1. The first kappa shape index (κ1) is 14.4. The van der Waals surface area contributed by atoms with Crippen molar-refractivity contribution >= 4 is 5.97 Å². The van der Waals surface area contributed by atoms with Crippen molar-refractivity contribution in [3.63, 3.8) is 0 Å². The molecule has 0 N–H and O–H groups in total. The maximum absolute atomic E-state index is 10.4. The summed E-state index contributed by atoms with van der Waals surface area (Å²) in [5.74, 6) is -0.312. The zero-order valence-electron chi connectivity index (χ0n) is 10.3. The molecular weight excluding hydrogens is 200 g/mol. The maximum Gasteiger partial charge on any atom is 0.333 e. The van der Waals surface area contributed by atoms with E-state index < -0.39 is 0 Å². The van der Waals surface area contributed by atoms with Gasteiger partial charge in [0.2, 0.25) is 0 Å². The van der Waals surface area contributed by atoms with Crippen molar-refractivity contribution in [3.05, 3.63) is 48.0 Å². The molecule has 1 rings (SSSR count). The lowest BCUT2D eigenvalue weighted by atomic mass is 10.2. The van der Waals surface area contributed by atoms with Crippen molar-refractivity contribution in [2.75, 3.05) is 6.61 Å². The Morgan fingerprint density at radius 2 is 1.81 bits per heavy atom. The second kappa shape index (κ2) is 8.72. The first-order valence-corrected chi connectivity index (χ1v) is 5.48. The molecule has 1 aromatic rings. The molecule has 0 spiro atoms. The maximum atomic E-state index is 10.4. The third-order valence-electron chi connectivity index (χ3n) is 1.87. The number of carbonyl (C=O) groups excluding carboxylic acids is 1. The monoisotopic (exact) mass is 220 g/mol. The lowest BCUT2D eigenvalue weighted by Gasteiger charge is -1.96. The van der Waals surface area contributed by atoms with E-state index in [0.717, 1.165) is 6.42 Å². The third kappa shape index (κ3) is 6.82. The van der Waals surface area contributed by atoms with Crippen molar-refractivity contribution in [3.8, 4) is 0 Å². The normalized spacial score (nSPS) is 8.69. The predicted molar refractivity (Wildman–Crippen MR) is 67.3 cm³/mol. The van der Waals surface area contributed by atoms with Gasteiger partial charge >= 0.3 is 5.97 Å². The van der Waals surface area contributed by atoms with Crippen LogP contribution in [0.25, 0.3) is 0 Å². The van der Waals surface area contributed by atoms with E-state index in [2.05, 4.69) is 42.5 Å². The minimum atomic E-state index is -0.312. The standard InChI is InChI=1S/C8H10.C6H10O2/c1-2-8-6-4-3-5-7-8;1-4-8-6(7)5(2)3/h3-7H,2H2,1H3;2,4H2,1,3H3. The van der Waals surface area contributed by atoms with Gasteiger partial charge in [0.15, 0.2) is 0 Å². The molecule has 0 unspecified atom stereocenters. The fraction of sp³-hybridized carbons (Fsp3) is 0.357. The van der Waals surface area contributed by atoms with Gasteiger partial charge in [0.25, 0.3) is 0 Å². The molecule has 0 fully saturated rings. The zero-order chi connectivity index (χ0) is 12.4. The van der Waals surface area contributed by atoms with Crippen LogP contribution >= 0.6 is 0 Å². The van der Waals surface area contributed by atoms with E-state index in [1.807, 2.05) is 6.07 Å². The van der Waals surface area contributed by atoms with E-state index in [0.29, 0.717) is 12.2 Å². The van der Waals surface area contributed by atoms with E-state index >= 15 is 0 Å². The summed E-state index contributed by atoms with van der Waals surface area (Å²) < 4.78 is 4.56. The molecule has 2 nitrogen and oxygen atoms in total. The van der Waals surface area contributed by atoms with Crippen LogP contribution in [0.3, 0.4) is 0 Å². The van der Waals surface area contributed by atoms with Crippen molar-refractivity contribution < 1.29 is 9.53 Å². The lowest BCUT2D eigenvalue weighted by molar-refractivity contribution is -0.138. The van der Waals surface area contributed by atoms with E-state index in [4.69, 9.17) is 0 Å². The molecule has 2 heteroatoms. The Labute approximate surface area is 97.9 Å². The molecule has 0 aromatic heterocycles. The molecule has 0 radical (unpaired) electrons. The topological polar surface area (TPSA) is 26.3 Å². The highest BCUT2D eigenvalue weighted by molar-refractivity contribution is 5.86. The number of rotatable bonds is 3. The van der Waals surface area contributed by atoms with Crippen LogP contribution < -0.4 is 0 Å². The Morgan fingerprint density at radius 3 is 2.06 bits per heavy atom. The molecular formula is C14H20O2. The highest BCUT2D eigenvalue weighted by Gasteiger charge is 1.98. The summed E-state index contributed by atoms with van der Waals surface area (Å²) >= 11 is 0. The van der Waals surface area contributed by atoms with Crippen LogP contribution in [-0.2, 0) is 16.0 Å². The fourth-order valence-corrected chi connectivity index (χ4v) is 0.968. The molecule has 0 aliphatic rings. The molecule has 16 heavy (non-hydrogen) atoms. The summed E-state index contributed by atoms with van der Waals surface area (Å²) in [6, 6.07) is 10.5. The average Bonchev–Trinajstić information content (AvgIpc) is 2.31. The van der Waals surface area contributed by atoms with Crippen LogP contribution in [0.1, 0.15) is 26.3 Å². The fourth-order valence-electron chi connectivity index (χ4n) is 0.968. The minimum absolute atomic E-state index is 0.312. The van der Waals surface area contributed by atoms with E-state index in [-0.39, 0.29) is 5.97 Å². The van der Waals surface area contributed by atoms with Crippen molar-refractivity contribution in [2.45, 2.75) is 27.2 Å². The summed E-state index contributed by atoms with van der Waals surface area (Å²) in [6.45, 7) is 9.37. The number of ether oxygens (including phenoxy) is 1. The number of hydrogen-bond acceptors (Lipinski definition) is 2. The number of esters is 1. The summed E-state index contributed by atoms with van der Waals surface area (Å²) in [7, 11) is 0. The molecule has 0 atom stereocenters. The van der Waals surface area contributed by atoms with Crippen molar-refractivity contribution in [1.29, 1.82) is 0 Å². The first-order valence-electron chi connectivity index (χ1n) is 5.48. The van der Waals surface area contributed by atoms with Gasteiger partial charge in [-0.15, -0.1) is 0 Å². The van der Waals surface area contributed by atoms with E-state index in [1.165, 1.54) is 5.56 Å². The zero-order valence-corrected chi connectivity index (χ0v) is 10.3. The van der Waals surface area contributed by atoms with Crippen molar-refractivity contribution in [2.24, 2.45) is 0 Å². The molecule has 0 bridgehead atoms. The Morgan fingerprint density at radius 1 is 1.25 bits per heavy atom. The highest BCUT2D eigenvalue weighted by atomic mass is 16.5. The average molecular weight is 220 g/mol. The van der Waals surface area contributed by atoms with Gasteiger partial charge in [-0.3, -0.25) is 0 Å². The van der Waals surface area contributed by atoms with E-state index in [9.17, 15) is 4.79 Å². The summed E-state index contributed by atoms with van der Waals surface area (Å²) in [5, 5.41) is 0. The predicted octanol–water partition coefficient (Wildman–Crippen LogP) is 3.37. The van der Waals surface area contributed by atoms with Gasteiger partial charge in [0.1, 0.15) is 0 Å². The van der Waals surface area contributed by atoms with Gasteiger partial charge < -0.3 is 4.74 Å². The second-order valence-corrected chi connectivity index (χ2v) is 3.34. The third-order valence-corrected chi connectivity index (χ3v) is 1.87. The molecule has 0 aliphatic heterocycles. The first-order chi connectivity index (χ1) is 7.61. The van der Waals surface area contributed by atoms with Crippen LogP contribution in [0.2, 0.25) is 0 Å². The Kier molecular flexibility index (Phi) is 7.86. The Hall–Kier alpha value is -1.57. The molecule has 0 amide bonds. The van der Waals surface area contributed by atoms with Crippen LogP contribution in [-0.4, -0.2) is 12.6 Å². The highest BCUT2D eigenvalue weighted by Crippen LogP contribution is 1.96. The number of hydrogen-bond donors (Lipinski definition) is 0. The van der Waals surface area contributed by atoms with Gasteiger partial charge in [-0.05, 0) is 25.8 Å². The summed E-state index contributed by atoms with van der Waals surface area (Å²) in [6.07, 6.45) is 1.14. The smallest absolute Gasteiger partial charge is 0.333 e. The SMILES string of the molecule is C=C(C)C(=O)OCC.CCc1ccccc1. The number of benzene rings is 1. The van der Waals surface area contributed by atoms with Crippen molar-refractivity contribution in [1.82, 2.24) is 0 Å². The molecule has 0 aliphatic carbocycles. The van der Waals surface area contributed by atoms with Crippen LogP contribution in [0.5, 0.6) is 0 Å². The Bertz CT molecular complexity index is 315. The molecule has 0 heterocycles. The van der Waals surface area contributed by atoms with E-state index in [1.54, 1.807) is 13.8 Å². The van der Waals surface area contributed by atoms with Crippen LogP contribution in [0, 0.1) is 0 Å². The van der Waals surface area contributed by atoms with Crippen LogP contribution in [0.4, 0.5) is 0 Å². The minimum Gasteiger partial charge on any atom is -0.463 e. The largest absolute Gasteiger partial charge is 0.463 e. The van der Waals surface area contributed by atoms with Gasteiger partial charge in [-0.25, -0.2) is 4.79 Å². The van der Waals surface area contributed by atoms with Crippen LogP contribution in [0.15, 0.2) is 42.5 Å². The molecule has 1 aromatic carbocycles. The Balaban J connectivity index is 0.000000281.